The Morgan fingerprint density at radius 1 is 1.30 bits per heavy atom. The van der Waals surface area contributed by atoms with Crippen molar-refractivity contribution >= 4 is 5.69 Å². The van der Waals surface area contributed by atoms with E-state index < -0.39 is 0 Å². The average molecular weight is 275 g/mol. The van der Waals surface area contributed by atoms with Crippen LogP contribution < -0.4 is 4.90 Å². The van der Waals surface area contributed by atoms with E-state index in [-0.39, 0.29) is 5.54 Å². The van der Waals surface area contributed by atoms with Gasteiger partial charge in [0.2, 0.25) is 0 Å². The Labute approximate surface area is 121 Å². The third kappa shape index (κ3) is 2.54. The molecule has 0 unspecified atom stereocenters. The van der Waals surface area contributed by atoms with Crippen molar-refractivity contribution in [3.63, 3.8) is 0 Å². The van der Waals surface area contributed by atoms with Crippen LogP contribution in [0.15, 0.2) is 18.3 Å². The van der Waals surface area contributed by atoms with E-state index in [1.54, 1.807) is 0 Å². The van der Waals surface area contributed by atoms with Gasteiger partial charge in [-0.2, -0.15) is 0 Å². The second kappa shape index (κ2) is 5.34. The van der Waals surface area contributed by atoms with Crippen molar-refractivity contribution in [1.29, 1.82) is 0 Å². The summed E-state index contributed by atoms with van der Waals surface area (Å²) in [6.45, 7) is 11.9. The first-order valence-electron chi connectivity index (χ1n) is 7.64. The molecule has 0 N–H and O–H groups in total. The average Bonchev–Trinajstić information content (AvgIpc) is 2.36. The summed E-state index contributed by atoms with van der Waals surface area (Å²) in [5, 5.41) is 0. The van der Waals surface area contributed by atoms with Crippen molar-refractivity contribution < 1.29 is 4.74 Å². The van der Waals surface area contributed by atoms with Crippen molar-refractivity contribution in [3.05, 3.63) is 24.0 Å². The molecule has 2 aliphatic rings. The third-order valence-corrected chi connectivity index (χ3v) is 4.55. The molecule has 0 aliphatic carbocycles. The summed E-state index contributed by atoms with van der Waals surface area (Å²) in [6, 6.07) is 5.00. The van der Waals surface area contributed by atoms with Crippen molar-refractivity contribution in [2.75, 3.05) is 37.7 Å². The summed E-state index contributed by atoms with van der Waals surface area (Å²) in [5.74, 6) is 0. The highest BCUT2D eigenvalue weighted by atomic mass is 16.5. The van der Waals surface area contributed by atoms with Crippen molar-refractivity contribution in [3.8, 4) is 0 Å². The maximum absolute atomic E-state index is 5.33. The molecule has 110 valence electrons. The zero-order valence-corrected chi connectivity index (χ0v) is 12.8. The molecule has 20 heavy (non-hydrogen) atoms. The van der Waals surface area contributed by atoms with Gasteiger partial charge in [0, 0.05) is 30.9 Å². The lowest BCUT2D eigenvalue weighted by Crippen LogP contribution is -2.64. The molecular formula is C16H25N3O. The SMILES string of the molecule is CCc1ccc(N2CCN(C3COC3)CC2(C)C)cn1. The molecule has 1 aromatic heterocycles. The second-order valence-corrected chi connectivity index (χ2v) is 6.49. The van der Waals surface area contributed by atoms with Gasteiger partial charge in [-0.25, -0.2) is 0 Å². The number of pyridine rings is 1. The van der Waals surface area contributed by atoms with E-state index in [4.69, 9.17) is 4.74 Å². The lowest BCUT2D eigenvalue weighted by atomic mass is 9.96. The molecule has 0 radical (unpaired) electrons. The lowest BCUT2D eigenvalue weighted by molar-refractivity contribution is -0.0741. The van der Waals surface area contributed by atoms with E-state index in [0.717, 1.165) is 45.0 Å². The quantitative estimate of drug-likeness (QED) is 0.843. The molecular weight excluding hydrogens is 250 g/mol. The Bertz CT molecular complexity index is 453. The van der Waals surface area contributed by atoms with Gasteiger partial charge in [0.15, 0.2) is 0 Å². The van der Waals surface area contributed by atoms with Crippen LogP contribution in [-0.4, -0.2) is 54.3 Å². The number of nitrogens with zero attached hydrogens (tertiary/aromatic N) is 3. The molecule has 3 heterocycles. The summed E-state index contributed by atoms with van der Waals surface area (Å²) < 4.78 is 5.33. The maximum Gasteiger partial charge on any atom is 0.0645 e. The Balaban J connectivity index is 1.73. The smallest absolute Gasteiger partial charge is 0.0645 e. The minimum Gasteiger partial charge on any atom is -0.378 e. The number of aryl methyl sites for hydroxylation is 1. The molecule has 4 nitrogen and oxygen atoms in total. The summed E-state index contributed by atoms with van der Waals surface area (Å²) in [5.41, 5.74) is 2.55. The second-order valence-electron chi connectivity index (χ2n) is 6.49. The number of hydrogen-bond donors (Lipinski definition) is 0. The number of ether oxygens (including phenoxy) is 1. The van der Waals surface area contributed by atoms with E-state index >= 15 is 0 Å². The highest BCUT2D eigenvalue weighted by Gasteiger charge is 2.38. The molecule has 2 fully saturated rings. The predicted molar refractivity (Wildman–Crippen MR) is 81.2 cm³/mol. The van der Waals surface area contributed by atoms with Crippen LogP contribution in [0, 0.1) is 0 Å². The molecule has 4 heteroatoms. The van der Waals surface area contributed by atoms with Crippen LogP contribution in [0.2, 0.25) is 0 Å². The minimum atomic E-state index is 0.142. The van der Waals surface area contributed by atoms with Gasteiger partial charge in [0.1, 0.15) is 0 Å². The maximum atomic E-state index is 5.33. The zero-order chi connectivity index (χ0) is 14.2. The summed E-state index contributed by atoms with van der Waals surface area (Å²) in [7, 11) is 0. The van der Waals surface area contributed by atoms with Crippen molar-refractivity contribution in [2.45, 2.75) is 38.8 Å². The van der Waals surface area contributed by atoms with Gasteiger partial charge in [-0.3, -0.25) is 9.88 Å². The Morgan fingerprint density at radius 3 is 2.60 bits per heavy atom. The first kappa shape index (κ1) is 13.8. The van der Waals surface area contributed by atoms with Crippen LogP contribution >= 0.6 is 0 Å². The molecule has 2 aliphatic heterocycles. The van der Waals surface area contributed by atoms with Gasteiger partial charge in [-0.15, -0.1) is 0 Å². The van der Waals surface area contributed by atoms with Crippen LogP contribution in [0.5, 0.6) is 0 Å². The molecule has 0 bridgehead atoms. The Kier molecular flexibility index (Phi) is 3.69. The molecule has 1 aromatic rings. The van der Waals surface area contributed by atoms with E-state index in [9.17, 15) is 0 Å². The topological polar surface area (TPSA) is 28.6 Å². The normalized spacial score (nSPS) is 23.6. The molecule has 3 rings (SSSR count). The van der Waals surface area contributed by atoms with Gasteiger partial charge in [-0.1, -0.05) is 6.92 Å². The third-order valence-electron chi connectivity index (χ3n) is 4.55. The molecule has 0 aromatic carbocycles. The van der Waals surface area contributed by atoms with E-state index in [2.05, 4.69) is 47.7 Å². The van der Waals surface area contributed by atoms with Crippen LogP contribution in [0.3, 0.4) is 0 Å². The van der Waals surface area contributed by atoms with Gasteiger partial charge in [-0.05, 0) is 32.4 Å². The molecule has 0 atom stereocenters. The van der Waals surface area contributed by atoms with Crippen LogP contribution in [0.25, 0.3) is 0 Å². The largest absolute Gasteiger partial charge is 0.378 e. The highest BCUT2D eigenvalue weighted by Crippen LogP contribution is 2.29. The van der Waals surface area contributed by atoms with Gasteiger partial charge in [0.05, 0.1) is 31.1 Å². The van der Waals surface area contributed by atoms with E-state index in [1.165, 1.54) is 5.69 Å². The van der Waals surface area contributed by atoms with Gasteiger partial charge >= 0.3 is 0 Å². The number of anilines is 1. The lowest BCUT2D eigenvalue weighted by Gasteiger charge is -2.51. The monoisotopic (exact) mass is 275 g/mol. The number of hydrogen-bond acceptors (Lipinski definition) is 4. The fourth-order valence-corrected chi connectivity index (χ4v) is 3.20. The standard InChI is InChI=1S/C16H25N3O/c1-4-13-5-6-14(9-17-13)19-8-7-18(12-16(19,2)3)15-10-20-11-15/h5-6,9,15H,4,7-8,10-12H2,1-3H3. The molecule has 2 saturated heterocycles. The number of piperazine rings is 1. The van der Waals surface area contributed by atoms with Gasteiger partial charge < -0.3 is 9.64 Å². The van der Waals surface area contributed by atoms with Crippen LogP contribution in [0.1, 0.15) is 26.5 Å². The minimum absolute atomic E-state index is 0.142. The summed E-state index contributed by atoms with van der Waals surface area (Å²) in [6.07, 6.45) is 3.03. The first-order valence-corrected chi connectivity index (χ1v) is 7.64. The summed E-state index contributed by atoms with van der Waals surface area (Å²) in [4.78, 5) is 9.62. The van der Waals surface area contributed by atoms with Crippen molar-refractivity contribution in [2.24, 2.45) is 0 Å². The predicted octanol–water partition coefficient (Wildman–Crippen LogP) is 1.94. The van der Waals surface area contributed by atoms with Crippen molar-refractivity contribution in [1.82, 2.24) is 9.88 Å². The fourth-order valence-electron chi connectivity index (χ4n) is 3.20. The fraction of sp³-hybridized carbons (Fsp3) is 0.688. The van der Waals surface area contributed by atoms with Crippen LogP contribution in [0.4, 0.5) is 5.69 Å². The number of rotatable bonds is 3. The van der Waals surface area contributed by atoms with E-state index in [0.29, 0.717) is 6.04 Å². The Hall–Kier alpha value is -1.13. The van der Waals surface area contributed by atoms with Gasteiger partial charge in [0.25, 0.3) is 0 Å². The molecule has 0 saturated carbocycles. The zero-order valence-electron chi connectivity index (χ0n) is 12.8. The van der Waals surface area contributed by atoms with E-state index in [1.807, 2.05) is 6.20 Å². The molecule has 0 amide bonds. The first-order chi connectivity index (χ1) is 9.60. The molecule has 0 spiro atoms. The number of aromatic nitrogens is 1. The van der Waals surface area contributed by atoms with Crippen LogP contribution in [-0.2, 0) is 11.2 Å². The Morgan fingerprint density at radius 2 is 2.10 bits per heavy atom. The highest BCUT2D eigenvalue weighted by molar-refractivity contribution is 5.48. The summed E-state index contributed by atoms with van der Waals surface area (Å²) >= 11 is 0.